The van der Waals surface area contributed by atoms with Crippen molar-refractivity contribution in [3.63, 3.8) is 0 Å². The van der Waals surface area contributed by atoms with Crippen molar-refractivity contribution in [2.45, 2.75) is 57.1 Å². The largest absolute Gasteiger partial charge is 0.393 e. The molecule has 4 heteroatoms. The van der Waals surface area contributed by atoms with E-state index in [0.29, 0.717) is 12.0 Å². The van der Waals surface area contributed by atoms with Crippen molar-refractivity contribution in [1.82, 2.24) is 4.90 Å². The van der Waals surface area contributed by atoms with Crippen LogP contribution < -0.4 is 5.73 Å². The number of aliphatic imine (C=N–C) groups is 1. The van der Waals surface area contributed by atoms with Gasteiger partial charge in [0.1, 0.15) is 0 Å². The third kappa shape index (κ3) is 3.11. The van der Waals surface area contributed by atoms with Crippen LogP contribution in [0.1, 0.15) is 44.9 Å². The summed E-state index contributed by atoms with van der Waals surface area (Å²) in [6.07, 6.45) is 7.82. The van der Waals surface area contributed by atoms with Crippen LogP contribution in [0.4, 0.5) is 0 Å². The van der Waals surface area contributed by atoms with Gasteiger partial charge in [-0.25, -0.2) is 4.99 Å². The van der Waals surface area contributed by atoms with Crippen LogP contribution in [0.2, 0.25) is 0 Å². The summed E-state index contributed by atoms with van der Waals surface area (Å²) in [4.78, 5) is 6.74. The average Bonchev–Trinajstić information content (AvgIpc) is 2.31. The van der Waals surface area contributed by atoms with Crippen LogP contribution >= 0.6 is 0 Å². The van der Waals surface area contributed by atoms with Crippen molar-refractivity contribution < 1.29 is 5.11 Å². The summed E-state index contributed by atoms with van der Waals surface area (Å²) in [5, 5.41) is 9.42. The third-order valence-corrected chi connectivity index (χ3v) is 3.68. The van der Waals surface area contributed by atoms with Gasteiger partial charge in [0.15, 0.2) is 5.96 Å². The van der Waals surface area contributed by atoms with Gasteiger partial charge in [0.2, 0.25) is 0 Å². The van der Waals surface area contributed by atoms with Crippen LogP contribution in [0, 0.1) is 0 Å². The van der Waals surface area contributed by atoms with Crippen LogP contribution in [0.25, 0.3) is 0 Å². The molecular formula is C12H23N3O. The predicted octanol–water partition coefficient (Wildman–Crippen LogP) is 1.09. The molecule has 1 saturated heterocycles. The molecule has 3 N–H and O–H groups in total. The Labute approximate surface area is 97.5 Å². The highest BCUT2D eigenvalue weighted by molar-refractivity contribution is 5.78. The van der Waals surface area contributed by atoms with E-state index in [1.54, 1.807) is 0 Å². The van der Waals surface area contributed by atoms with Crippen molar-refractivity contribution in [3.8, 4) is 0 Å². The lowest BCUT2D eigenvalue weighted by molar-refractivity contribution is 0.108. The van der Waals surface area contributed by atoms with Crippen LogP contribution in [-0.4, -0.2) is 41.2 Å². The molecule has 0 bridgehead atoms. The van der Waals surface area contributed by atoms with Gasteiger partial charge in [-0.05, 0) is 25.7 Å². The standard InChI is InChI=1S/C12H23N3O/c13-12(14-10-4-2-1-3-5-10)15-8-6-11(16)7-9-15/h10-11,16H,1-9H2,(H2,13,14). The summed E-state index contributed by atoms with van der Waals surface area (Å²) in [5.74, 6) is 0.693. The maximum absolute atomic E-state index is 9.42. The van der Waals surface area contributed by atoms with Crippen molar-refractivity contribution >= 4 is 5.96 Å². The van der Waals surface area contributed by atoms with Gasteiger partial charge in [0.25, 0.3) is 0 Å². The number of hydrogen-bond donors (Lipinski definition) is 2. The van der Waals surface area contributed by atoms with E-state index in [1.807, 2.05) is 0 Å². The number of nitrogens with zero attached hydrogens (tertiary/aromatic N) is 2. The fourth-order valence-corrected chi connectivity index (χ4v) is 2.57. The molecule has 2 fully saturated rings. The second kappa shape index (κ2) is 5.53. The molecule has 92 valence electrons. The first kappa shape index (κ1) is 11.7. The molecule has 0 spiro atoms. The van der Waals surface area contributed by atoms with E-state index in [9.17, 15) is 5.11 Å². The van der Waals surface area contributed by atoms with E-state index in [2.05, 4.69) is 9.89 Å². The molecule has 2 aliphatic rings. The number of nitrogens with two attached hydrogens (primary N) is 1. The Kier molecular flexibility index (Phi) is 4.04. The quantitative estimate of drug-likeness (QED) is 0.519. The summed E-state index contributed by atoms with van der Waals surface area (Å²) >= 11 is 0. The fourth-order valence-electron chi connectivity index (χ4n) is 2.57. The van der Waals surface area contributed by atoms with Crippen LogP contribution in [0.5, 0.6) is 0 Å². The molecule has 1 aliphatic heterocycles. The maximum atomic E-state index is 9.42. The van der Waals surface area contributed by atoms with E-state index in [0.717, 1.165) is 25.9 Å². The van der Waals surface area contributed by atoms with Crippen molar-refractivity contribution in [2.75, 3.05) is 13.1 Å². The topological polar surface area (TPSA) is 61.8 Å². The Morgan fingerprint density at radius 3 is 2.31 bits per heavy atom. The summed E-state index contributed by atoms with van der Waals surface area (Å²) in [5.41, 5.74) is 6.02. The Hall–Kier alpha value is -0.770. The van der Waals surface area contributed by atoms with E-state index < -0.39 is 0 Å². The van der Waals surface area contributed by atoms with Gasteiger partial charge in [-0.15, -0.1) is 0 Å². The van der Waals surface area contributed by atoms with Gasteiger partial charge >= 0.3 is 0 Å². The molecule has 1 heterocycles. The van der Waals surface area contributed by atoms with E-state index in [4.69, 9.17) is 5.73 Å². The third-order valence-electron chi connectivity index (χ3n) is 3.68. The van der Waals surface area contributed by atoms with Gasteiger partial charge in [0, 0.05) is 13.1 Å². The van der Waals surface area contributed by atoms with Gasteiger partial charge in [0.05, 0.1) is 12.1 Å². The highest BCUT2D eigenvalue weighted by atomic mass is 16.3. The van der Waals surface area contributed by atoms with Crippen LogP contribution in [0.15, 0.2) is 4.99 Å². The Morgan fingerprint density at radius 1 is 1.06 bits per heavy atom. The first-order chi connectivity index (χ1) is 7.75. The molecule has 0 aromatic heterocycles. The second-order valence-corrected chi connectivity index (χ2v) is 5.00. The highest BCUT2D eigenvalue weighted by Crippen LogP contribution is 2.20. The SMILES string of the molecule is NC(=NC1CCCCC1)N1CCC(O)CC1. The molecule has 0 amide bonds. The van der Waals surface area contributed by atoms with Gasteiger partial charge in [-0.1, -0.05) is 19.3 Å². The first-order valence-corrected chi connectivity index (χ1v) is 6.52. The zero-order valence-electron chi connectivity index (χ0n) is 9.94. The number of aliphatic hydroxyl groups excluding tert-OH is 1. The molecule has 16 heavy (non-hydrogen) atoms. The predicted molar refractivity (Wildman–Crippen MR) is 65.3 cm³/mol. The maximum Gasteiger partial charge on any atom is 0.191 e. The zero-order valence-corrected chi connectivity index (χ0v) is 9.94. The summed E-state index contributed by atoms with van der Waals surface area (Å²) < 4.78 is 0. The Balaban J connectivity index is 1.85. The average molecular weight is 225 g/mol. The summed E-state index contributed by atoms with van der Waals surface area (Å²) in [6, 6.07) is 0.445. The minimum absolute atomic E-state index is 0.140. The number of aliphatic hydroxyl groups is 1. The molecule has 0 aromatic rings. The lowest BCUT2D eigenvalue weighted by atomic mass is 9.96. The molecule has 4 nitrogen and oxygen atoms in total. The molecule has 1 saturated carbocycles. The molecule has 0 atom stereocenters. The minimum atomic E-state index is -0.140. The molecule has 0 unspecified atom stereocenters. The summed E-state index contributed by atoms with van der Waals surface area (Å²) in [7, 11) is 0. The smallest absolute Gasteiger partial charge is 0.191 e. The van der Waals surface area contributed by atoms with Gasteiger partial charge in [-0.3, -0.25) is 0 Å². The van der Waals surface area contributed by atoms with Crippen molar-refractivity contribution in [2.24, 2.45) is 10.7 Å². The lowest BCUT2D eigenvalue weighted by Gasteiger charge is -2.31. The molecular weight excluding hydrogens is 202 g/mol. The van der Waals surface area contributed by atoms with Gasteiger partial charge in [-0.2, -0.15) is 0 Å². The second-order valence-electron chi connectivity index (χ2n) is 5.00. The zero-order chi connectivity index (χ0) is 11.4. The first-order valence-electron chi connectivity index (χ1n) is 6.52. The molecule has 1 aliphatic carbocycles. The lowest BCUT2D eigenvalue weighted by Crippen LogP contribution is -2.44. The van der Waals surface area contributed by atoms with Crippen molar-refractivity contribution in [1.29, 1.82) is 0 Å². The Morgan fingerprint density at radius 2 is 1.69 bits per heavy atom. The minimum Gasteiger partial charge on any atom is -0.393 e. The summed E-state index contributed by atoms with van der Waals surface area (Å²) in [6.45, 7) is 1.70. The van der Waals surface area contributed by atoms with E-state index in [1.165, 1.54) is 32.1 Å². The monoisotopic (exact) mass is 225 g/mol. The molecule has 2 rings (SSSR count). The number of rotatable bonds is 1. The highest BCUT2D eigenvalue weighted by Gasteiger charge is 2.19. The number of likely N-dealkylation sites (tertiary alicyclic amines) is 1. The van der Waals surface area contributed by atoms with Crippen LogP contribution in [0.3, 0.4) is 0 Å². The van der Waals surface area contributed by atoms with E-state index in [-0.39, 0.29) is 6.10 Å². The Bertz CT molecular complexity index is 241. The molecule has 0 aromatic carbocycles. The fraction of sp³-hybridized carbons (Fsp3) is 0.917. The number of piperidine rings is 1. The van der Waals surface area contributed by atoms with Gasteiger partial charge < -0.3 is 15.7 Å². The van der Waals surface area contributed by atoms with E-state index >= 15 is 0 Å². The number of guanidine groups is 1. The van der Waals surface area contributed by atoms with Crippen LogP contribution in [-0.2, 0) is 0 Å². The normalized spacial score (nSPS) is 26.1. The number of hydrogen-bond acceptors (Lipinski definition) is 2. The van der Waals surface area contributed by atoms with Crippen molar-refractivity contribution in [3.05, 3.63) is 0 Å². The molecule has 0 radical (unpaired) electrons.